The van der Waals surface area contributed by atoms with Gasteiger partial charge in [-0.1, -0.05) is 18.2 Å². The molecule has 5 rings (SSSR count). The molecule has 0 amide bonds. The number of imidazole rings is 1. The van der Waals surface area contributed by atoms with Gasteiger partial charge < -0.3 is 10.3 Å². The Bertz CT molecular complexity index is 1420. The zero-order valence-electron chi connectivity index (χ0n) is 16.5. The van der Waals surface area contributed by atoms with Crippen LogP contribution >= 0.6 is 0 Å². The number of anilines is 1. The number of rotatable bonds is 4. The molecule has 4 heterocycles. The molecule has 0 fully saturated rings. The molecule has 0 saturated carbocycles. The van der Waals surface area contributed by atoms with Crippen molar-refractivity contribution in [3.05, 3.63) is 83.9 Å². The van der Waals surface area contributed by atoms with Crippen LogP contribution < -0.4 is 5.73 Å². The summed E-state index contributed by atoms with van der Waals surface area (Å²) in [5, 5.41) is 4.11. The van der Waals surface area contributed by atoms with Crippen LogP contribution in [0.25, 0.3) is 28.3 Å². The monoisotopic (exact) mass is 417 g/mol. The molecule has 0 aliphatic carbocycles. The van der Waals surface area contributed by atoms with Crippen molar-refractivity contribution in [3.8, 4) is 22.6 Å². The third kappa shape index (κ3) is 3.29. The van der Waals surface area contributed by atoms with E-state index >= 15 is 0 Å². The molecule has 7 nitrogen and oxygen atoms in total. The third-order valence-electron chi connectivity index (χ3n) is 5.04. The lowest BCUT2D eigenvalue weighted by molar-refractivity contribution is 0.496. The van der Waals surface area contributed by atoms with E-state index in [2.05, 4.69) is 20.1 Å². The fourth-order valence-corrected chi connectivity index (χ4v) is 3.57. The van der Waals surface area contributed by atoms with E-state index in [1.54, 1.807) is 15.3 Å². The van der Waals surface area contributed by atoms with Crippen LogP contribution in [-0.2, 0) is 6.54 Å². The quantitative estimate of drug-likeness (QED) is 0.480. The maximum atomic E-state index is 14.4. The Balaban J connectivity index is 1.73. The van der Waals surface area contributed by atoms with Crippen molar-refractivity contribution in [2.24, 2.45) is 0 Å². The highest BCUT2D eigenvalue weighted by Gasteiger charge is 2.22. The van der Waals surface area contributed by atoms with Crippen LogP contribution in [0.4, 0.5) is 14.7 Å². The second kappa shape index (κ2) is 7.28. The molecule has 31 heavy (non-hydrogen) atoms. The summed E-state index contributed by atoms with van der Waals surface area (Å²) in [6.07, 6.45) is 3.23. The number of pyridine rings is 2. The number of nitrogens with two attached hydrogens (primary N) is 1. The van der Waals surface area contributed by atoms with Gasteiger partial charge in [-0.25, -0.2) is 23.3 Å². The van der Waals surface area contributed by atoms with Gasteiger partial charge in [0.1, 0.15) is 12.0 Å². The van der Waals surface area contributed by atoms with Crippen molar-refractivity contribution >= 4 is 11.6 Å². The standard InChI is InChI=1S/C22H17F2N7/c1-13-4-2-7-17(28-13)21-20(14-8-9-31-18(10-14)26-12-27-31)29-22(25)30(21)11-15-5-3-6-16(23)19(15)24/h2-10,12H,11H2,1H3,(H2,25,29). The van der Waals surface area contributed by atoms with Gasteiger partial charge in [-0.15, -0.1) is 0 Å². The first-order valence-electron chi connectivity index (χ1n) is 9.54. The molecular formula is C22H17F2N7. The molecule has 0 bridgehead atoms. The maximum absolute atomic E-state index is 14.4. The maximum Gasteiger partial charge on any atom is 0.201 e. The molecule has 0 spiro atoms. The Morgan fingerprint density at radius 1 is 1.03 bits per heavy atom. The summed E-state index contributed by atoms with van der Waals surface area (Å²) in [4.78, 5) is 13.4. The number of nitrogen functional groups attached to an aromatic ring is 1. The summed E-state index contributed by atoms with van der Waals surface area (Å²) in [5.41, 5.74) is 10.4. The summed E-state index contributed by atoms with van der Waals surface area (Å²) in [6, 6.07) is 13.3. The smallest absolute Gasteiger partial charge is 0.201 e. The van der Waals surface area contributed by atoms with Gasteiger partial charge in [-0.2, -0.15) is 5.10 Å². The normalized spacial score (nSPS) is 11.3. The summed E-state index contributed by atoms with van der Waals surface area (Å²) < 4.78 is 31.5. The molecule has 4 aromatic heterocycles. The molecule has 0 unspecified atom stereocenters. The van der Waals surface area contributed by atoms with Gasteiger partial charge >= 0.3 is 0 Å². The highest BCUT2D eigenvalue weighted by Crippen LogP contribution is 2.34. The lowest BCUT2D eigenvalue weighted by atomic mass is 10.1. The summed E-state index contributed by atoms with van der Waals surface area (Å²) >= 11 is 0. The second-order valence-electron chi connectivity index (χ2n) is 7.11. The van der Waals surface area contributed by atoms with E-state index in [0.717, 1.165) is 17.3 Å². The highest BCUT2D eigenvalue weighted by atomic mass is 19.2. The van der Waals surface area contributed by atoms with E-state index in [-0.39, 0.29) is 18.1 Å². The number of halogens is 2. The first-order chi connectivity index (χ1) is 15.0. The first kappa shape index (κ1) is 18.9. The molecule has 9 heteroatoms. The van der Waals surface area contributed by atoms with E-state index in [4.69, 9.17) is 5.73 Å². The van der Waals surface area contributed by atoms with Crippen LogP contribution in [0.5, 0.6) is 0 Å². The third-order valence-corrected chi connectivity index (χ3v) is 5.04. The fraction of sp³-hybridized carbons (Fsp3) is 0.0909. The van der Waals surface area contributed by atoms with E-state index in [9.17, 15) is 8.78 Å². The fourth-order valence-electron chi connectivity index (χ4n) is 3.57. The Labute approximate surface area is 175 Å². The lowest BCUT2D eigenvalue weighted by Gasteiger charge is -2.12. The van der Waals surface area contributed by atoms with E-state index < -0.39 is 11.6 Å². The predicted octanol–water partition coefficient (Wildman–Crippen LogP) is 3.87. The van der Waals surface area contributed by atoms with Crippen LogP contribution in [0.2, 0.25) is 0 Å². The number of aryl methyl sites for hydroxylation is 1. The SMILES string of the molecule is Cc1cccc(-c2c(-c3ccn4ncnc4c3)nc(N)n2Cc2cccc(F)c2F)n1. The van der Waals surface area contributed by atoms with E-state index in [1.165, 1.54) is 18.5 Å². The molecule has 5 aromatic rings. The highest BCUT2D eigenvalue weighted by molar-refractivity contribution is 5.80. The van der Waals surface area contributed by atoms with Crippen molar-refractivity contribution < 1.29 is 8.78 Å². The molecule has 1 aromatic carbocycles. The van der Waals surface area contributed by atoms with Gasteiger partial charge in [0.15, 0.2) is 17.3 Å². The number of hydrogen-bond donors (Lipinski definition) is 1. The van der Waals surface area contributed by atoms with Crippen LogP contribution in [0.3, 0.4) is 0 Å². The zero-order chi connectivity index (χ0) is 21.5. The Morgan fingerprint density at radius 2 is 1.87 bits per heavy atom. The minimum atomic E-state index is -0.913. The topological polar surface area (TPSA) is 86.9 Å². The van der Waals surface area contributed by atoms with Gasteiger partial charge in [0.2, 0.25) is 5.95 Å². The summed E-state index contributed by atoms with van der Waals surface area (Å²) in [7, 11) is 0. The van der Waals surface area contributed by atoms with E-state index in [1.807, 2.05) is 37.3 Å². The largest absolute Gasteiger partial charge is 0.369 e. The number of nitrogens with zero attached hydrogens (tertiary/aromatic N) is 6. The minimum Gasteiger partial charge on any atom is -0.369 e. The molecule has 0 saturated heterocycles. The van der Waals surface area contributed by atoms with Crippen LogP contribution in [0.1, 0.15) is 11.3 Å². The molecule has 0 atom stereocenters. The molecule has 154 valence electrons. The van der Waals surface area contributed by atoms with Crippen molar-refractivity contribution in [2.75, 3.05) is 5.73 Å². The Morgan fingerprint density at radius 3 is 2.71 bits per heavy atom. The van der Waals surface area contributed by atoms with Gasteiger partial charge in [-0.05, 0) is 37.3 Å². The van der Waals surface area contributed by atoms with Crippen LogP contribution in [0, 0.1) is 18.6 Å². The molecule has 0 aliphatic rings. The average Bonchev–Trinajstić information content (AvgIpc) is 3.35. The van der Waals surface area contributed by atoms with Crippen LogP contribution in [-0.4, -0.2) is 29.1 Å². The first-order valence-corrected chi connectivity index (χ1v) is 9.54. The number of benzene rings is 1. The Hall–Kier alpha value is -4.14. The lowest BCUT2D eigenvalue weighted by Crippen LogP contribution is -2.09. The molecule has 0 radical (unpaired) electrons. The van der Waals surface area contributed by atoms with Crippen molar-refractivity contribution in [1.82, 2.24) is 29.1 Å². The number of aromatic nitrogens is 6. The second-order valence-corrected chi connectivity index (χ2v) is 7.11. The van der Waals surface area contributed by atoms with Gasteiger partial charge in [-0.3, -0.25) is 4.98 Å². The van der Waals surface area contributed by atoms with Gasteiger partial charge in [0.25, 0.3) is 0 Å². The van der Waals surface area contributed by atoms with Crippen molar-refractivity contribution in [3.63, 3.8) is 0 Å². The minimum absolute atomic E-state index is 0.000554. The zero-order valence-corrected chi connectivity index (χ0v) is 16.5. The van der Waals surface area contributed by atoms with Crippen molar-refractivity contribution in [2.45, 2.75) is 13.5 Å². The summed E-state index contributed by atoms with van der Waals surface area (Å²) in [6.45, 7) is 1.88. The Kier molecular flexibility index (Phi) is 4.43. The van der Waals surface area contributed by atoms with Crippen LogP contribution in [0.15, 0.2) is 61.1 Å². The average molecular weight is 417 g/mol. The van der Waals surface area contributed by atoms with E-state index in [0.29, 0.717) is 22.7 Å². The predicted molar refractivity (Wildman–Crippen MR) is 112 cm³/mol. The number of hydrogen-bond acceptors (Lipinski definition) is 5. The van der Waals surface area contributed by atoms with Gasteiger partial charge in [0.05, 0.1) is 17.9 Å². The molecule has 2 N–H and O–H groups in total. The number of fused-ring (bicyclic) bond motifs is 1. The molecule has 0 aliphatic heterocycles. The summed E-state index contributed by atoms with van der Waals surface area (Å²) in [5.74, 6) is -1.66. The van der Waals surface area contributed by atoms with Gasteiger partial charge in [0, 0.05) is 23.0 Å². The van der Waals surface area contributed by atoms with Crippen molar-refractivity contribution in [1.29, 1.82) is 0 Å². The molecular weight excluding hydrogens is 400 g/mol.